The number of hydrogen-bond donors (Lipinski definition) is 0. The lowest BCUT2D eigenvalue weighted by Crippen LogP contribution is -2.34. The van der Waals surface area contributed by atoms with E-state index in [4.69, 9.17) is 28.4 Å². The maximum atomic E-state index is 13.5. The van der Waals surface area contributed by atoms with E-state index in [-0.39, 0.29) is 18.3 Å². The lowest BCUT2D eigenvalue weighted by atomic mass is 9.98. The Labute approximate surface area is 235 Å². The minimum Gasteiger partial charge on any atom is -0.493 e. The molecule has 0 saturated heterocycles. The second kappa shape index (κ2) is 10.6. The second-order valence-corrected chi connectivity index (χ2v) is 10.6. The van der Waals surface area contributed by atoms with Gasteiger partial charge in [-0.1, -0.05) is 22.0 Å². The number of fused-ring (bicyclic) bond motifs is 4. The van der Waals surface area contributed by atoms with E-state index in [0.717, 1.165) is 51.0 Å². The molecule has 3 heterocycles. The fourth-order valence-electron chi connectivity index (χ4n) is 5.20. The van der Waals surface area contributed by atoms with Gasteiger partial charge in [-0.05, 0) is 60.9 Å². The summed E-state index contributed by atoms with van der Waals surface area (Å²) in [5.74, 6) is 3.56. The molecule has 0 saturated carbocycles. The SMILES string of the molecule is COc1ccc(CCN2COc3cc(C)c4c(c3C2)O/C(=C/c2cc(Br)cc3c2OCOC3)C4=O)cc1OC. The molecule has 0 aliphatic carbocycles. The van der Waals surface area contributed by atoms with E-state index in [9.17, 15) is 4.79 Å². The molecule has 3 aromatic carbocycles. The summed E-state index contributed by atoms with van der Waals surface area (Å²) < 4.78 is 35.2. The zero-order valence-electron chi connectivity index (χ0n) is 22.0. The average molecular weight is 594 g/mol. The molecular weight excluding hydrogens is 566 g/mol. The Bertz CT molecular complexity index is 1500. The van der Waals surface area contributed by atoms with Gasteiger partial charge in [-0.15, -0.1) is 0 Å². The molecule has 8 nitrogen and oxygen atoms in total. The van der Waals surface area contributed by atoms with E-state index in [1.807, 2.05) is 43.3 Å². The molecule has 0 atom stereocenters. The molecule has 3 aliphatic rings. The number of carbonyl (C=O) groups excluding carboxylic acids is 1. The molecule has 0 amide bonds. The molecule has 3 aliphatic heterocycles. The predicted octanol–water partition coefficient (Wildman–Crippen LogP) is 5.65. The van der Waals surface area contributed by atoms with Crippen molar-refractivity contribution in [3.63, 3.8) is 0 Å². The highest BCUT2D eigenvalue weighted by molar-refractivity contribution is 9.10. The van der Waals surface area contributed by atoms with Crippen LogP contribution in [0.4, 0.5) is 0 Å². The zero-order chi connectivity index (χ0) is 27.1. The van der Waals surface area contributed by atoms with Gasteiger partial charge in [0.15, 0.2) is 24.1 Å². The number of rotatable bonds is 6. The van der Waals surface area contributed by atoms with E-state index < -0.39 is 0 Å². The van der Waals surface area contributed by atoms with Crippen LogP contribution in [0.3, 0.4) is 0 Å². The van der Waals surface area contributed by atoms with Crippen LogP contribution >= 0.6 is 15.9 Å². The summed E-state index contributed by atoms with van der Waals surface area (Å²) in [6, 6.07) is 11.8. The van der Waals surface area contributed by atoms with Gasteiger partial charge in [0.2, 0.25) is 5.78 Å². The van der Waals surface area contributed by atoms with Crippen LogP contribution in [-0.2, 0) is 24.3 Å². The minimum absolute atomic E-state index is 0.145. The molecular formula is C30H28BrNO7. The highest BCUT2D eigenvalue weighted by atomic mass is 79.9. The Morgan fingerprint density at radius 2 is 1.90 bits per heavy atom. The number of benzene rings is 3. The van der Waals surface area contributed by atoms with Crippen LogP contribution in [0.5, 0.6) is 28.7 Å². The average Bonchev–Trinajstić information content (AvgIpc) is 3.28. The maximum Gasteiger partial charge on any atom is 0.232 e. The second-order valence-electron chi connectivity index (χ2n) is 9.67. The first-order valence-corrected chi connectivity index (χ1v) is 13.4. The minimum atomic E-state index is -0.145. The Kier molecular flexibility index (Phi) is 6.97. The van der Waals surface area contributed by atoms with E-state index in [2.05, 4.69) is 20.8 Å². The Balaban J connectivity index is 1.25. The number of methoxy groups -OCH3 is 2. The molecule has 3 aromatic rings. The Morgan fingerprint density at radius 1 is 1.05 bits per heavy atom. The number of ether oxygens (including phenoxy) is 6. The standard InChI is InChI=1S/C30H28BrNO7/c1-17-8-24-22(13-32(15-37-24)7-6-18-4-5-23(34-2)25(9-18)35-3)30-27(17)28(33)26(39-30)12-19-10-21(31)11-20-14-36-16-38-29(19)20/h4-5,8-12H,6-7,13-16H2,1-3H3/b26-12+. The highest BCUT2D eigenvalue weighted by Gasteiger charge is 2.35. The first-order valence-electron chi connectivity index (χ1n) is 12.6. The maximum absolute atomic E-state index is 13.5. The zero-order valence-corrected chi connectivity index (χ0v) is 23.6. The molecule has 0 aromatic heterocycles. The lowest BCUT2D eigenvalue weighted by Gasteiger charge is -2.30. The van der Waals surface area contributed by atoms with Crippen LogP contribution in [0.15, 0.2) is 46.6 Å². The van der Waals surface area contributed by atoms with E-state index >= 15 is 0 Å². The van der Waals surface area contributed by atoms with E-state index in [1.165, 1.54) is 0 Å². The quantitative estimate of drug-likeness (QED) is 0.339. The summed E-state index contributed by atoms with van der Waals surface area (Å²) in [4.78, 5) is 15.7. The summed E-state index contributed by atoms with van der Waals surface area (Å²) in [6.45, 7) is 4.36. The van der Waals surface area contributed by atoms with Gasteiger partial charge in [0.25, 0.3) is 0 Å². The first kappa shape index (κ1) is 25.7. The normalized spacial score (nSPS) is 17.0. The fourth-order valence-corrected chi connectivity index (χ4v) is 5.72. The van der Waals surface area contributed by atoms with Crippen molar-refractivity contribution >= 4 is 27.8 Å². The Hall–Kier alpha value is -3.53. The van der Waals surface area contributed by atoms with E-state index in [0.29, 0.717) is 48.4 Å². The monoisotopic (exact) mass is 593 g/mol. The fraction of sp³-hybridized carbons (Fsp3) is 0.300. The number of halogens is 1. The largest absolute Gasteiger partial charge is 0.493 e. The number of ketones is 1. The van der Waals surface area contributed by atoms with Gasteiger partial charge >= 0.3 is 0 Å². The van der Waals surface area contributed by atoms with Crippen molar-refractivity contribution in [1.82, 2.24) is 4.90 Å². The molecule has 0 unspecified atom stereocenters. The van der Waals surface area contributed by atoms with Gasteiger partial charge in [0.05, 0.1) is 32.0 Å². The highest BCUT2D eigenvalue weighted by Crippen LogP contribution is 2.45. The third-order valence-electron chi connectivity index (χ3n) is 7.14. The van der Waals surface area contributed by atoms with Crippen LogP contribution in [0.2, 0.25) is 0 Å². The van der Waals surface area contributed by atoms with Gasteiger partial charge in [0, 0.05) is 28.7 Å². The van der Waals surface area contributed by atoms with Crippen molar-refractivity contribution in [1.29, 1.82) is 0 Å². The lowest BCUT2D eigenvalue weighted by molar-refractivity contribution is -0.0165. The van der Waals surface area contributed by atoms with Crippen molar-refractivity contribution in [3.8, 4) is 28.7 Å². The molecule has 9 heteroatoms. The van der Waals surface area contributed by atoms with Crippen molar-refractivity contribution < 1.29 is 33.2 Å². The molecule has 0 spiro atoms. The van der Waals surface area contributed by atoms with Crippen LogP contribution in [0.1, 0.15) is 38.2 Å². The predicted molar refractivity (Wildman–Crippen MR) is 148 cm³/mol. The van der Waals surface area contributed by atoms with Crippen LogP contribution in [0.25, 0.3) is 6.08 Å². The topological polar surface area (TPSA) is 75.7 Å². The van der Waals surface area contributed by atoms with Gasteiger partial charge in [-0.2, -0.15) is 0 Å². The van der Waals surface area contributed by atoms with Crippen molar-refractivity contribution in [3.05, 3.63) is 80.0 Å². The molecule has 39 heavy (non-hydrogen) atoms. The van der Waals surface area contributed by atoms with Crippen molar-refractivity contribution in [2.75, 3.05) is 34.3 Å². The molecule has 0 bridgehead atoms. The number of nitrogens with zero attached hydrogens (tertiary/aromatic N) is 1. The van der Waals surface area contributed by atoms with Crippen LogP contribution < -0.4 is 23.7 Å². The first-order chi connectivity index (χ1) is 18.9. The van der Waals surface area contributed by atoms with Gasteiger partial charge in [-0.3, -0.25) is 9.69 Å². The summed E-state index contributed by atoms with van der Waals surface area (Å²) in [7, 11) is 3.26. The van der Waals surface area contributed by atoms with E-state index in [1.54, 1.807) is 20.3 Å². The van der Waals surface area contributed by atoms with Crippen molar-refractivity contribution in [2.45, 2.75) is 26.5 Å². The third kappa shape index (κ3) is 4.86. The third-order valence-corrected chi connectivity index (χ3v) is 7.60. The molecule has 0 fully saturated rings. The number of aryl methyl sites for hydroxylation is 1. The molecule has 6 rings (SSSR count). The number of allylic oxidation sites excluding steroid dienone is 1. The smallest absolute Gasteiger partial charge is 0.232 e. The summed E-state index contributed by atoms with van der Waals surface area (Å²) >= 11 is 3.55. The number of Topliss-reactive ketones (excluding diaryl/α,β-unsaturated/α-hetero) is 1. The summed E-state index contributed by atoms with van der Waals surface area (Å²) in [5.41, 5.74) is 5.10. The summed E-state index contributed by atoms with van der Waals surface area (Å²) in [6.07, 6.45) is 2.55. The van der Waals surface area contributed by atoms with Crippen molar-refractivity contribution in [2.24, 2.45) is 0 Å². The van der Waals surface area contributed by atoms with Gasteiger partial charge in [0.1, 0.15) is 24.0 Å². The number of hydrogen-bond acceptors (Lipinski definition) is 8. The molecule has 0 radical (unpaired) electrons. The summed E-state index contributed by atoms with van der Waals surface area (Å²) in [5, 5.41) is 0. The molecule has 0 N–H and O–H groups in total. The van der Waals surface area contributed by atoms with Crippen LogP contribution in [0, 0.1) is 6.92 Å². The van der Waals surface area contributed by atoms with Gasteiger partial charge < -0.3 is 28.4 Å². The number of carbonyl (C=O) groups is 1. The Morgan fingerprint density at radius 3 is 2.72 bits per heavy atom. The van der Waals surface area contributed by atoms with Crippen LogP contribution in [-0.4, -0.2) is 45.0 Å². The van der Waals surface area contributed by atoms with Gasteiger partial charge in [-0.25, -0.2) is 0 Å². The molecule has 202 valence electrons.